The van der Waals surface area contributed by atoms with Gasteiger partial charge in [0.1, 0.15) is 0 Å². The zero-order valence-electron chi connectivity index (χ0n) is 9.65. The fourth-order valence-electron chi connectivity index (χ4n) is 1.31. The quantitative estimate of drug-likeness (QED) is 0.562. The van der Waals surface area contributed by atoms with Crippen LogP contribution in [0.4, 0.5) is 0 Å². The summed E-state index contributed by atoms with van der Waals surface area (Å²) in [6, 6.07) is 0. The molecule has 5 nitrogen and oxygen atoms in total. The molecule has 0 aliphatic rings. The van der Waals surface area contributed by atoms with Crippen molar-refractivity contribution in [3.63, 3.8) is 0 Å². The van der Waals surface area contributed by atoms with Gasteiger partial charge in [-0.3, -0.25) is 4.79 Å². The summed E-state index contributed by atoms with van der Waals surface area (Å²) in [5.74, 6) is -2.37. The average molecular weight is 232 g/mol. The topological polar surface area (TPSA) is 83.8 Å². The molecular formula is C11H20O5. The summed E-state index contributed by atoms with van der Waals surface area (Å²) in [4.78, 5) is 21.0. The third-order valence-corrected chi connectivity index (χ3v) is 2.20. The van der Waals surface area contributed by atoms with Crippen molar-refractivity contribution in [1.29, 1.82) is 0 Å². The number of unbranched alkanes of at least 4 members (excludes halogenated alkanes) is 4. The number of carboxylic acids is 2. The van der Waals surface area contributed by atoms with E-state index in [-0.39, 0.29) is 0 Å². The minimum Gasteiger partial charge on any atom is -0.481 e. The van der Waals surface area contributed by atoms with E-state index in [0.717, 1.165) is 32.1 Å². The van der Waals surface area contributed by atoms with Gasteiger partial charge >= 0.3 is 11.9 Å². The third-order valence-electron chi connectivity index (χ3n) is 2.20. The summed E-state index contributed by atoms with van der Waals surface area (Å²) in [5.41, 5.74) is 0. The Hall–Kier alpha value is -1.10. The molecular weight excluding hydrogens is 212 g/mol. The molecule has 2 N–H and O–H groups in total. The molecule has 0 bridgehead atoms. The predicted octanol–water partition coefficient (Wildman–Crippen LogP) is 1.90. The molecule has 94 valence electrons. The average Bonchev–Trinajstić information content (AvgIpc) is 2.20. The van der Waals surface area contributed by atoms with E-state index in [1.165, 1.54) is 0 Å². The molecule has 16 heavy (non-hydrogen) atoms. The number of aliphatic carboxylic acids is 2. The molecule has 0 heterocycles. The number of ether oxygens (including phenoxy) is 1. The van der Waals surface area contributed by atoms with Crippen LogP contribution in [0.25, 0.3) is 0 Å². The van der Waals surface area contributed by atoms with Crippen LogP contribution in [0.2, 0.25) is 0 Å². The molecule has 0 saturated heterocycles. The summed E-state index contributed by atoms with van der Waals surface area (Å²) in [6.45, 7) is 2.43. The van der Waals surface area contributed by atoms with Crippen molar-refractivity contribution in [2.24, 2.45) is 0 Å². The van der Waals surface area contributed by atoms with E-state index in [2.05, 4.69) is 6.92 Å². The van der Waals surface area contributed by atoms with E-state index in [1.54, 1.807) is 0 Å². The maximum atomic E-state index is 10.6. The van der Waals surface area contributed by atoms with E-state index in [9.17, 15) is 9.59 Å². The highest BCUT2D eigenvalue weighted by Crippen LogP contribution is 2.05. The monoisotopic (exact) mass is 232 g/mol. The van der Waals surface area contributed by atoms with Gasteiger partial charge in [0.2, 0.25) is 0 Å². The summed E-state index contributed by atoms with van der Waals surface area (Å²) >= 11 is 0. The minimum absolute atomic E-state index is 0.313. The molecule has 0 saturated carbocycles. The first-order valence-electron chi connectivity index (χ1n) is 5.64. The summed E-state index contributed by atoms with van der Waals surface area (Å²) < 4.78 is 5.01. The molecule has 1 atom stereocenters. The van der Waals surface area contributed by atoms with Gasteiger partial charge in [0.05, 0.1) is 6.42 Å². The van der Waals surface area contributed by atoms with Crippen molar-refractivity contribution < 1.29 is 24.5 Å². The van der Waals surface area contributed by atoms with Gasteiger partial charge in [-0.25, -0.2) is 4.79 Å². The lowest BCUT2D eigenvalue weighted by Crippen LogP contribution is -2.27. The molecule has 0 aliphatic carbocycles. The predicted molar refractivity (Wildman–Crippen MR) is 58.4 cm³/mol. The van der Waals surface area contributed by atoms with Gasteiger partial charge in [0.25, 0.3) is 0 Å². The van der Waals surface area contributed by atoms with Gasteiger partial charge in [-0.05, 0) is 6.42 Å². The zero-order chi connectivity index (χ0) is 12.4. The lowest BCUT2D eigenvalue weighted by Gasteiger charge is -2.11. The highest BCUT2D eigenvalue weighted by atomic mass is 16.5. The second kappa shape index (κ2) is 9.15. The summed E-state index contributed by atoms with van der Waals surface area (Å²) in [6.07, 6.45) is 3.50. The molecule has 0 aromatic rings. The van der Waals surface area contributed by atoms with Crippen LogP contribution in [-0.4, -0.2) is 34.9 Å². The number of carboxylic acid groups (broad SMARTS) is 2. The molecule has 0 rings (SSSR count). The van der Waals surface area contributed by atoms with E-state index in [1.807, 2.05) is 0 Å². The first kappa shape index (κ1) is 14.9. The zero-order valence-corrected chi connectivity index (χ0v) is 9.65. The van der Waals surface area contributed by atoms with Crippen molar-refractivity contribution in [2.45, 2.75) is 51.6 Å². The van der Waals surface area contributed by atoms with Gasteiger partial charge in [-0.1, -0.05) is 32.6 Å². The first-order chi connectivity index (χ1) is 7.57. The number of carbonyl (C=O) groups is 2. The molecule has 0 fully saturated rings. The Morgan fingerprint density at radius 1 is 1.12 bits per heavy atom. The molecule has 0 spiro atoms. The largest absolute Gasteiger partial charge is 0.481 e. The lowest BCUT2D eigenvalue weighted by atomic mass is 10.2. The van der Waals surface area contributed by atoms with Crippen LogP contribution in [0.5, 0.6) is 0 Å². The number of rotatable bonds is 10. The molecule has 0 aliphatic heterocycles. The second-order valence-corrected chi connectivity index (χ2v) is 3.71. The van der Waals surface area contributed by atoms with Crippen molar-refractivity contribution in [3.05, 3.63) is 0 Å². The molecule has 0 aromatic heterocycles. The van der Waals surface area contributed by atoms with E-state index in [4.69, 9.17) is 14.9 Å². The second-order valence-electron chi connectivity index (χ2n) is 3.71. The SMILES string of the molecule is CCCCCCCOC(CC(=O)O)C(=O)O. The Labute approximate surface area is 95.4 Å². The summed E-state index contributed by atoms with van der Waals surface area (Å²) in [7, 11) is 0. The lowest BCUT2D eigenvalue weighted by molar-refractivity contribution is -0.156. The Morgan fingerprint density at radius 2 is 1.75 bits per heavy atom. The van der Waals surface area contributed by atoms with Crippen molar-refractivity contribution >= 4 is 11.9 Å². The van der Waals surface area contributed by atoms with Gasteiger partial charge in [0, 0.05) is 6.61 Å². The smallest absolute Gasteiger partial charge is 0.333 e. The fourth-order valence-corrected chi connectivity index (χ4v) is 1.31. The number of hydrogen-bond donors (Lipinski definition) is 2. The van der Waals surface area contributed by atoms with Gasteiger partial charge in [-0.2, -0.15) is 0 Å². The van der Waals surface area contributed by atoms with Crippen LogP contribution in [0, 0.1) is 0 Å². The third kappa shape index (κ3) is 8.23. The fraction of sp³-hybridized carbons (Fsp3) is 0.818. The molecule has 0 radical (unpaired) electrons. The van der Waals surface area contributed by atoms with Gasteiger partial charge in [-0.15, -0.1) is 0 Å². The van der Waals surface area contributed by atoms with Crippen molar-refractivity contribution in [1.82, 2.24) is 0 Å². The minimum atomic E-state index is -1.22. The van der Waals surface area contributed by atoms with Crippen LogP contribution in [0.1, 0.15) is 45.4 Å². The van der Waals surface area contributed by atoms with Crippen LogP contribution in [0.3, 0.4) is 0 Å². The maximum absolute atomic E-state index is 10.6. The van der Waals surface area contributed by atoms with Crippen LogP contribution in [-0.2, 0) is 14.3 Å². The van der Waals surface area contributed by atoms with Crippen LogP contribution >= 0.6 is 0 Å². The van der Waals surface area contributed by atoms with E-state index in [0.29, 0.717) is 6.61 Å². The Morgan fingerprint density at radius 3 is 2.25 bits per heavy atom. The standard InChI is InChI=1S/C11H20O5/c1-2-3-4-5-6-7-16-9(11(14)15)8-10(12)13/h9H,2-8H2,1H3,(H,12,13)(H,14,15). The van der Waals surface area contributed by atoms with Crippen molar-refractivity contribution in [2.75, 3.05) is 6.61 Å². The highest BCUT2D eigenvalue weighted by molar-refractivity contribution is 5.79. The Kier molecular flexibility index (Phi) is 8.52. The van der Waals surface area contributed by atoms with Crippen LogP contribution < -0.4 is 0 Å². The molecule has 5 heteroatoms. The Bertz CT molecular complexity index is 214. The van der Waals surface area contributed by atoms with Crippen molar-refractivity contribution in [3.8, 4) is 0 Å². The number of hydrogen-bond acceptors (Lipinski definition) is 3. The van der Waals surface area contributed by atoms with E-state index < -0.39 is 24.5 Å². The van der Waals surface area contributed by atoms with E-state index >= 15 is 0 Å². The van der Waals surface area contributed by atoms with Gasteiger partial charge < -0.3 is 14.9 Å². The molecule has 0 aromatic carbocycles. The molecule has 0 amide bonds. The van der Waals surface area contributed by atoms with Crippen LogP contribution in [0.15, 0.2) is 0 Å². The molecule has 1 unspecified atom stereocenters. The normalized spacial score (nSPS) is 12.3. The summed E-state index contributed by atoms with van der Waals surface area (Å²) in [5, 5.41) is 17.1. The van der Waals surface area contributed by atoms with Gasteiger partial charge in [0.15, 0.2) is 6.10 Å². The first-order valence-corrected chi connectivity index (χ1v) is 5.64. The Balaban J connectivity index is 3.60. The maximum Gasteiger partial charge on any atom is 0.333 e. The highest BCUT2D eigenvalue weighted by Gasteiger charge is 2.21.